The molecule has 1 aliphatic rings. The molecule has 1 saturated heterocycles. The highest BCUT2D eigenvalue weighted by atomic mass is 32.2. The fourth-order valence-corrected chi connectivity index (χ4v) is 4.56. The maximum absolute atomic E-state index is 12.5. The van der Waals surface area contributed by atoms with Crippen molar-refractivity contribution in [1.29, 1.82) is 0 Å². The summed E-state index contributed by atoms with van der Waals surface area (Å²) in [6.45, 7) is 1.60. The molecular formula is C18H23N3O3S. The van der Waals surface area contributed by atoms with Crippen LogP contribution < -0.4 is 0 Å². The number of hydrogen-bond donors (Lipinski definition) is 0. The Kier molecular flexibility index (Phi) is 5.24. The second kappa shape index (κ2) is 7.41. The van der Waals surface area contributed by atoms with Gasteiger partial charge in [-0.05, 0) is 17.2 Å². The van der Waals surface area contributed by atoms with Crippen molar-refractivity contribution in [3.05, 3.63) is 59.9 Å². The molecular weight excluding hydrogens is 338 g/mol. The topological polar surface area (TPSA) is 62.6 Å². The lowest BCUT2D eigenvalue weighted by Gasteiger charge is -2.34. The van der Waals surface area contributed by atoms with Crippen LogP contribution >= 0.6 is 0 Å². The van der Waals surface area contributed by atoms with Gasteiger partial charge in [-0.3, -0.25) is 4.79 Å². The molecule has 3 rings (SSSR count). The number of hydrogen-bond acceptors (Lipinski definition) is 3. The quantitative estimate of drug-likeness (QED) is 0.805. The first kappa shape index (κ1) is 17.7. The van der Waals surface area contributed by atoms with Crippen LogP contribution in [0.5, 0.6) is 0 Å². The average molecular weight is 361 g/mol. The van der Waals surface area contributed by atoms with Gasteiger partial charge in [-0.15, -0.1) is 0 Å². The Hall–Kier alpha value is -2.12. The van der Waals surface area contributed by atoms with Crippen LogP contribution in [0.4, 0.5) is 0 Å². The van der Waals surface area contributed by atoms with Gasteiger partial charge in [-0.2, -0.15) is 4.31 Å². The molecule has 0 unspecified atom stereocenters. The van der Waals surface area contributed by atoms with Gasteiger partial charge in [0.25, 0.3) is 0 Å². The first-order chi connectivity index (χ1) is 11.9. The minimum atomic E-state index is -3.35. The van der Waals surface area contributed by atoms with Gasteiger partial charge >= 0.3 is 0 Å². The molecule has 0 bridgehead atoms. The minimum absolute atomic E-state index is 0.00576. The molecule has 2 aromatic rings. The van der Waals surface area contributed by atoms with E-state index in [9.17, 15) is 13.2 Å². The van der Waals surface area contributed by atoms with Gasteiger partial charge in [0, 0.05) is 45.6 Å². The summed E-state index contributed by atoms with van der Waals surface area (Å²) in [7, 11) is -1.43. The van der Waals surface area contributed by atoms with E-state index in [1.54, 1.807) is 4.90 Å². The molecule has 2 heterocycles. The Morgan fingerprint density at radius 3 is 2.28 bits per heavy atom. The standard InChI is InChI=1S/C18H23N3O3S/c1-19-8-7-17(14-19)13-18(22)20-9-11-21(12-10-20)25(23,24)15-16-5-3-2-4-6-16/h2-8,14H,9-13,15H2,1H3. The maximum Gasteiger partial charge on any atom is 0.227 e. The highest BCUT2D eigenvalue weighted by Crippen LogP contribution is 2.14. The number of carbonyl (C=O) groups excluding carboxylic acids is 1. The number of aromatic nitrogens is 1. The fourth-order valence-electron chi connectivity index (χ4n) is 3.04. The van der Waals surface area contributed by atoms with Crippen LogP contribution in [-0.2, 0) is 34.0 Å². The Balaban J connectivity index is 1.55. The van der Waals surface area contributed by atoms with Crippen molar-refractivity contribution in [2.24, 2.45) is 7.05 Å². The monoisotopic (exact) mass is 361 g/mol. The fraction of sp³-hybridized carbons (Fsp3) is 0.389. The molecule has 0 spiro atoms. The third kappa shape index (κ3) is 4.49. The highest BCUT2D eigenvalue weighted by Gasteiger charge is 2.28. The molecule has 1 aromatic carbocycles. The molecule has 7 heteroatoms. The highest BCUT2D eigenvalue weighted by molar-refractivity contribution is 7.88. The predicted octanol–water partition coefficient (Wildman–Crippen LogP) is 1.24. The van der Waals surface area contributed by atoms with Crippen molar-refractivity contribution in [2.75, 3.05) is 26.2 Å². The zero-order chi connectivity index (χ0) is 17.9. The second-order valence-electron chi connectivity index (χ2n) is 6.38. The predicted molar refractivity (Wildman–Crippen MR) is 96.3 cm³/mol. The van der Waals surface area contributed by atoms with Gasteiger partial charge in [0.1, 0.15) is 0 Å². The smallest absolute Gasteiger partial charge is 0.227 e. The molecule has 1 aromatic heterocycles. The van der Waals surface area contributed by atoms with Crippen LogP contribution in [0.25, 0.3) is 0 Å². The molecule has 1 aliphatic heterocycles. The van der Waals surface area contributed by atoms with Crippen LogP contribution in [0.15, 0.2) is 48.8 Å². The van der Waals surface area contributed by atoms with E-state index < -0.39 is 10.0 Å². The molecule has 0 aliphatic carbocycles. The van der Waals surface area contributed by atoms with Crippen molar-refractivity contribution in [3.8, 4) is 0 Å². The number of carbonyl (C=O) groups is 1. The van der Waals surface area contributed by atoms with E-state index in [-0.39, 0.29) is 11.7 Å². The lowest BCUT2D eigenvalue weighted by Crippen LogP contribution is -2.51. The minimum Gasteiger partial charge on any atom is -0.357 e. The zero-order valence-electron chi connectivity index (χ0n) is 14.3. The summed E-state index contributed by atoms with van der Waals surface area (Å²) in [6, 6.07) is 11.1. The Morgan fingerprint density at radius 2 is 1.68 bits per heavy atom. The molecule has 0 N–H and O–H groups in total. The van der Waals surface area contributed by atoms with Gasteiger partial charge in [-0.1, -0.05) is 30.3 Å². The summed E-state index contributed by atoms with van der Waals surface area (Å²) >= 11 is 0. The molecule has 0 radical (unpaired) electrons. The number of piperazine rings is 1. The number of nitrogens with zero attached hydrogens (tertiary/aromatic N) is 3. The number of amides is 1. The summed E-state index contributed by atoms with van der Waals surface area (Å²) < 4.78 is 28.5. The Bertz CT molecular complexity index is 822. The molecule has 0 saturated carbocycles. The van der Waals surface area contributed by atoms with Crippen LogP contribution in [0.2, 0.25) is 0 Å². The Labute approximate surface area is 148 Å². The van der Waals surface area contributed by atoms with E-state index in [1.165, 1.54) is 4.31 Å². The lowest BCUT2D eigenvalue weighted by atomic mass is 10.2. The third-order valence-corrected chi connectivity index (χ3v) is 6.28. The third-order valence-electron chi connectivity index (χ3n) is 4.43. The van der Waals surface area contributed by atoms with E-state index >= 15 is 0 Å². The summed E-state index contributed by atoms with van der Waals surface area (Å²) in [4.78, 5) is 14.1. The summed E-state index contributed by atoms with van der Waals surface area (Å²) in [5.41, 5.74) is 1.76. The van der Waals surface area contributed by atoms with E-state index in [0.29, 0.717) is 32.6 Å². The average Bonchev–Trinajstić information content (AvgIpc) is 3.00. The van der Waals surface area contributed by atoms with E-state index in [0.717, 1.165) is 11.1 Å². The first-order valence-corrected chi connectivity index (χ1v) is 9.95. The van der Waals surface area contributed by atoms with Crippen molar-refractivity contribution in [2.45, 2.75) is 12.2 Å². The van der Waals surface area contributed by atoms with E-state index in [1.807, 2.05) is 60.4 Å². The molecule has 25 heavy (non-hydrogen) atoms. The number of rotatable bonds is 5. The summed E-state index contributed by atoms with van der Waals surface area (Å²) in [5.74, 6) is 0.0533. The lowest BCUT2D eigenvalue weighted by molar-refractivity contribution is -0.131. The number of aryl methyl sites for hydroxylation is 1. The molecule has 6 nitrogen and oxygen atoms in total. The maximum atomic E-state index is 12.5. The first-order valence-electron chi connectivity index (χ1n) is 8.34. The molecule has 1 fully saturated rings. The van der Waals surface area contributed by atoms with Gasteiger partial charge in [0.2, 0.25) is 15.9 Å². The summed E-state index contributed by atoms with van der Waals surface area (Å²) in [6.07, 6.45) is 4.20. The van der Waals surface area contributed by atoms with Crippen molar-refractivity contribution >= 4 is 15.9 Å². The normalized spacial score (nSPS) is 16.1. The molecule has 1 amide bonds. The second-order valence-corrected chi connectivity index (χ2v) is 8.35. The summed E-state index contributed by atoms with van der Waals surface area (Å²) in [5, 5.41) is 0. The number of benzene rings is 1. The van der Waals surface area contributed by atoms with Gasteiger partial charge in [-0.25, -0.2) is 8.42 Å². The van der Waals surface area contributed by atoms with Crippen LogP contribution in [0, 0.1) is 0 Å². The van der Waals surface area contributed by atoms with Crippen LogP contribution in [-0.4, -0.2) is 54.3 Å². The SMILES string of the molecule is Cn1ccc(CC(=O)N2CCN(S(=O)(=O)Cc3ccccc3)CC2)c1. The van der Waals surface area contributed by atoms with Crippen molar-refractivity contribution in [3.63, 3.8) is 0 Å². The Morgan fingerprint density at radius 1 is 1.00 bits per heavy atom. The van der Waals surface area contributed by atoms with Crippen LogP contribution in [0.3, 0.4) is 0 Å². The zero-order valence-corrected chi connectivity index (χ0v) is 15.2. The van der Waals surface area contributed by atoms with Gasteiger partial charge < -0.3 is 9.47 Å². The van der Waals surface area contributed by atoms with E-state index in [4.69, 9.17) is 0 Å². The van der Waals surface area contributed by atoms with Crippen LogP contribution in [0.1, 0.15) is 11.1 Å². The van der Waals surface area contributed by atoms with Crippen molar-refractivity contribution < 1.29 is 13.2 Å². The molecule has 134 valence electrons. The number of sulfonamides is 1. The van der Waals surface area contributed by atoms with Gasteiger partial charge in [0.15, 0.2) is 0 Å². The van der Waals surface area contributed by atoms with Gasteiger partial charge in [0.05, 0.1) is 12.2 Å². The van der Waals surface area contributed by atoms with E-state index in [2.05, 4.69) is 0 Å². The van der Waals surface area contributed by atoms with Crippen molar-refractivity contribution in [1.82, 2.24) is 13.8 Å². The molecule has 0 atom stereocenters. The largest absolute Gasteiger partial charge is 0.357 e.